The van der Waals surface area contributed by atoms with Crippen molar-refractivity contribution in [1.82, 2.24) is 15.1 Å². The molecule has 1 saturated heterocycles. The van der Waals surface area contributed by atoms with E-state index in [4.69, 9.17) is 0 Å². The average molecular weight is 241 g/mol. The average Bonchev–Trinajstić information content (AvgIpc) is 2.38. The highest BCUT2D eigenvalue weighted by molar-refractivity contribution is 5.78. The van der Waals surface area contributed by atoms with Crippen LogP contribution in [-0.2, 0) is 4.79 Å². The molecule has 1 aliphatic heterocycles. The Hall–Kier alpha value is -0.610. The lowest BCUT2D eigenvalue weighted by atomic mass is 10.0. The minimum absolute atomic E-state index is 0.211. The van der Waals surface area contributed by atoms with Gasteiger partial charge in [-0.25, -0.2) is 0 Å². The number of carbonyl (C=O) groups is 1. The Morgan fingerprint density at radius 1 is 1.29 bits per heavy atom. The molecule has 100 valence electrons. The summed E-state index contributed by atoms with van der Waals surface area (Å²) in [6, 6.07) is 0. The van der Waals surface area contributed by atoms with Crippen LogP contribution in [0, 0.1) is 5.92 Å². The van der Waals surface area contributed by atoms with Crippen molar-refractivity contribution in [2.45, 2.75) is 26.7 Å². The second kappa shape index (κ2) is 7.67. The molecule has 1 aliphatic rings. The summed E-state index contributed by atoms with van der Waals surface area (Å²) in [5, 5.41) is 3.34. The summed E-state index contributed by atoms with van der Waals surface area (Å²) < 4.78 is 0. The quantitative estimate of drug-likeness (QED) is 0.747. The minimum Gasteiger partial charge on any atom is -0.344 e. The van der Waals surface area contributed by atoms with Crippen LogP contribution < -0.4 is 5.32 Å². The van der Waals surface area contributed by atoms with Crippen LogP contribution in [0.15, 0.2) is 0 Å². The molecular formula is C13H27N3O. The van der Waals surface area contributed by atoms with Gasteiger partial charge in [0.15, 0.2) is 0 Å². The monoisotopic (exact) mass is 241 g/mol. The maximum atomic E-state index is 12.1. The molecule has 1 amide bonds. The van der Waals surface area contributed by atoms with E-state index >= 15 is 0 Å². The summed E-state index contributed by atoms with van der Waals surface area (Å²) in [4.78, 5) is 16.4. The van der Waals surface area contributed by atoms with Crippen molar-refractivity contribution in [3.63, 3.8) is 0 Å². The van der Waals surface area contributed by atoms with Gasteiger partial charge in [-0.15, -0.1) is 0 Å². The lowest BCUT2D eigenvalue weighted by molar-refractivity contribution is -0.134. The second-order valence-corrected chi connectivity index (χ2v) is 4.86. The van der Waals surface area contributed by atoms with E-state index in [1.807, 2.05) is 11.9 Å². The topological polar surface area (TPSA) is 35.6 Å². The normalized spacial score (nSPS) is 17.4. The van der Waals surface area contributed by atoms with Gasteiger partial charge in [0.05, 0.1) is 0 Å². The van der Waals surface area contributed by atoms with E-state index < -0.39 is 0 Å². The van der Waals surface area contributed by atoms with Crippen LogP contribution in [-0.4, -0.2) is 62.0 Å². The Labute approximate surface area is 105 Å². The predicted octanol–water partition coefficient (Wildman–Crippen LogP) is 0.786. The highest BCUT2D eigenvalue weighted by Gasteiger charge is 2.19. The van der Waals surface area contributed by atoms with Gasteiger partial charge >= 0.3 is 0 Å². The SMILES string of the molecule is CCC(CC)C(=O)N(C)CCN1CCNCC1. The van der Waals surface area contributed by atoms with E-state index in [1.165, 1.54) is 0 Å². The maximum Gasteiger partial charge on any atom is 0.225 e. The fourth-order valence-electron chi connectivity index (χ4n) is 2.29. The molecule has 0 atom stereocenters. The molecule has 0 saturated carbocycles. The van der Waals surface area contributed by atoms with Crippen molar-refractivity contribution in [3.05, 3.63) is 0 Å². The Balaban J connectivity index is 2.27. The number of nitrogens with one attached hydrogen (secondary N) is 1. The summed E-state index contributed by atoms with van der Waals surface area (Å²) in [6.45, 7) is 10.4. The molecule has 17 heavy (non-hydrogen) atoms. The third-order valence-corrected chi connectivity index (χ3v) is 3.67. The van der Waals surface area contributed by atoms with Crippen molar-refractivity contribution in [2.24, 2.45) is 5.92 Å². The van der Waals surface area contributed by atoms with Crippen LogP contribution in [0.25, 0.3) is 0 Å². The summed E-state index contributed by atoms with van der Waals surface area (Å²) in [7, 11) is 1.93. The van der Waals surface area contributed by atoms with E-state index in [-0.39, 0.29) is 5.92 Å². The van der Waals surface area contributed by atoms with Crippen molar-refractivity contribution in [3.8, 4) is 0 Å². The standard InChI is InChI=1S/C13H27N3O/c1-4-12(5-2)13(17)15(3)10-11-16-8-6-14-7-9-16/h12,14H,4-11H2,1-3H3. The highest BCUT2D eigenvalue weighted by atomic mass is 16.2. The smallest absolute Gasteiger partial charge is 0.225 e. The van der Waals surface area contributed by atoms with Crippen molar-refractivity contribution >= 4 is 5.91 Å². The van der Waals surface area contributed by atoms with Crippen LogP contribution in [0.1, 0.15) is 26.7 Å². The van der Waals surface area contributed by atoms with Crippen LogP contribution in [0.2, 0.25) is 0 Å². The number of carbonyl (C=O) groups excluding carboxylic acids is 1. The Morgan fingerprint density at radius 3 is 2.41 bits per heavy atom. The number of rotatable bonds is 6. The first-order valence-corrected chi connectivity index (χ1v) is 6.87. The van der Waals surface area contributed by atoms with Crippen molar-refractivity contribution in [1.29, 1.82) is 0 Å². The van der Waals surface area contributed by atoms with Crippen molar-refractivity contribution in [2.75, 3.05) is 46.3 Å². The molecule has 0 spiro atoms. The zero-order chi connectivity index (χ0) is 12.7. The minimum atomic E-state index is 0.211. The van der Waals surface area contributed by atoms with Crippen LogP contribution in [0.4, 0.5) is 0 Å². The fourth-order valence-corrected chi connectivity index (χ4v) is 2.29. The molecule has 0 bridgehead atoms. The maximum absolute atomic E-state index is 12.1. The van der Waals surface area contributed by atoms with Gasteiger partial charge in [-0.3, -0.25) is 9.69 Å². The zero-order valence-electron chi connectivity index (χ0n) is 11.5. The van der Waals surface area contributed by atoms with E-state index in [2.05, 4.69) is 24.1 Å². The molecule has 1 N–H and O–H groups in total. The van der Waals surface area contributed by atoms with E-state index in [0.29, 0.717) is 5.91 Å². The van der Waals surface area contributed by atoms with Gasteiger partial charge in [0.25, 0.3) is 0 Å². The van der Waals surface area contributed by atoms with E-state index in [0.717, 1.165) is 52.1 Å². The molecule has 0 radical (unpaired) electrons. The molecule has 0 unspecified atom stereocenters. The van der Waals surface area contributed by atoms with Crippen LogP contribution in [0.3, 0.4) is 0 Å². The molecule has 1 fully saturated rings. The second-order valence-electron chi connectivity index (χ2n) is 4.86. The number of likely N-dealkylation sites (N-methyl/N-ethyl adjacent to an activating group) is 1. The van der Waals surface area contributed by atoms with Crippen LogP contribution >= 0.6 is 0 Å². The molecule has 4 heteroatoms. The Morgan fingerprint density at radius 2 is 1.88 bits per heavy atom. The number of nitrogens with zero attached hydrogens (tertiary/aromatic N) is 2. The molecule has 0 aromatic heterocycles. The zero-order valence-corrected chi connectivity index (χ0v) is 11.5. The van der Waals surface area contributed by atoms with Gasteiger partial charge in [0.2, 0.25) is 5.91 Å². The molecule has 1 heterocycles. The molecule has 0 aromatic rings. The van der Waals surface area contributed by atoms with E-state index in [1.54, 1.807) is 0 Å². The lowest BCUT2D eigenvalue weighted by Crippen LogP contribution is -2.47. The van der Waals surface area contributed by atoms with Gasteiger partial charge < -0.3 is 10.2 Å². The van der Waals surface area contributed by atoms with E-state index in [9.17, 15) is 4.79 Å². The van der Waals surface area contributed by atoms with Crippen LogP contribution in [0.5, 0.6) is 0 Å². The predicted molar refractivity (Wildman–Crippen MR) is 71.0 cm³/mol. The Bertz CT molecular complexity index is 223. The first-order valence-electron chi connectivity index (χ1n) is 6.87. The number of piperazine rings is 1. The summed E-state index contributed by atoms with van der Waals surface area (Å²) in [5.41, 5.74) is 0. The largest absolute Gasteiger partial charge is 0.344 e. The third kappa shape index (κ3) is 4.64. The summed E-state index contributed by atoms with van der Waals surface area (Å²) >= 11 is 0. The number of hydrogen-bond acceptors (Lipinski definition) is 3. The first kappa shape index (κ1) is 14.5. The number of hydrogen-bond donors (Lipinski definition) is 1. The fraction of sp³-hybridized carbons (Fsp3) is 0.923. The van der Waals surface area contributed by atoms with Gasteiger partial charge in [-0.1, -0.05) is 13.8 Å². The molecule has 4 nitrogen and oxygen atoms in total. The van der Waals surface area contributed by atoms with Gasteiger partial charge in [-0.05, 0) is 12.8 Å². The van der Waals surface area contributed by atoms with Gasteiger partial charge in [0.1, 0.15) is 0 Å². The highest BCUT2D eigenvalue weighted by Crippen LogP contribution is 2.10. The third-order valence-electron chi connectivity index (χ3n) is 3.67. The van der Waals surface area contributed by atoms with Crippen molar-refractivity contribution < 1.29 is 4.79 Å². The molecular weight excluding hydrogens is 214 g/mol. The summed E-state index contributed by atoms with van der Waals surface area (Å²) in [5.74, 6) is 0.521. The molecule has 0 aromatic carbocycles. The first-order chi connectivity index (χ1) is 8.19. The lowest BCUT2D eigenvalue weighted by Gasteiger charge is -2.30. The molecule has 1 rings (SSSR count). The molecule has 0 aliphatic carbocycles. The van der Waals surface area contributed by atoms with Gasteiger partial charge in [-0.2, -0.15) is 0 Å². The van der Waals surface area contributed by atoms with Gasteiger partial charge in [0, 0.05) is 52.2 Å². The Kier molecular flexibility index (Phi) is 6.52. The summed E-state index contributed by atoms with van der Waals surface area (Å²) in [6.07, 6.45) is 1.90. The number of amides is 1.